The first-order valence-electron chi connectivity index (χ1n) is 8.77. The van der Waals surface area contributed by atoms with E-state index in [2.05, 4.69) is 0 Å². The van der Waals surface area contributed by atoms with Crippen LogP contribution in [0.4, 0.5) is 0 Å². The minimum Gasteiger partial charge on any atom is -0.493 e. The van der Waals surface area contributed by atoms with Gasteiger partial charge in [0.25, 0.3) is 0 Å². The second-order valence-electron chi connectivity index (χ2n) is 6.36. The van der Waals surface area contributed by atoms with Crippen molar-refractivity contribution < 1.29 is 19.4 Å². The molecule has 0 bridgehead atoms. The zero-order valence-electron chi connectivity index (χ0n) is 15.3. The van der Waals surface area contributed by atoms with Crippen LogP contribution >= 0.6 is 11.3 Å². The number of methoxy groups -OCH3 is 1. The third-order valence-corrected chi connectivity index (χ3v) is 5.42. The van der Waals surface area contributed by atoms with Crippen molar-refractivity contribution in [3.05, 3.63) is 29.3 Å². The number of hydrogen-bond donors (Lipinski definition) is 1. The van der Waals surface area contributed by atoms with Gasteiger partial charge in [-0.3, -0.25) is 9.69 Å². The molecule has 26 heavy (non-hydrogen) atoms. The van der Waals surface area contributed by atoms with E-state index in [1.54, 1.807) is 25.4 Å². The Balaban J connectivity index is 1.78. The van der Waals surface area contributed by atoms with Crippen molar-refractivity contribution in [2.75, 3.05) is 13.7 Å². The van der Waals surface area contributed by atoms with Crippen molar-refractivity contribution >= 4 is 17.3 Å². The molecule has 1 aromatic heterocycles. The van der Waals surface area contributed by atoms with Crippen LogP contribution in [0.1, 0.15) is 32.4 Å². The lowest BCUT2D eigenvalue weighted by atomic mass is 10.2. The zero-order valence-corrected chi connectivity index (χ0v) is 16.1. The Morgan fingerprint density at radius 1 is 1.42 bits per heavy atom. The lowest BCUT2D eigenvalue weighted by Gasteiger charge is -2.25. The van der Waals surface area contributed by atoms with Crippen LogP contribution in [0, 0.1) is 0 Å². The molecule has 7 heteroatoms. The fourth-order valence-corrected chi connectivity index (χ4v) is 3.71. The standard InChI is InChI=1S/C19H24N2O4S/c1-4-25-16-8-5-13(9-17(16)24-3)18-20-14(11-26-18)10-21(15-6-7-15)12(2)19(22)23/h5,8-9,11-12,15H,4,6-7,10H2,1-3H3,(H,22,23). The van der Waals surface area contributed by atoms with Crippen molar-refractivity contribution in [2.24, 2.45) is 0 Å². The summed E-state index contributed by atoms with van der Waals surface area (Å²) in [5, 5.41) is 12.2. The molecule has 0 amide bonds. The molecule has 1 saturated carbocycles. The van der Waals surface area contributed by atoms with Crippen molar-refractivity contribution in [1.29, 1.82) is 0 Å². The second-order valence-corrected chi connectivity index (χ2v) is 7.22. The van der Waals surface area contributed by atoms with Gasteiger partial charge in [0.1, 0.15) is 11.0 Å². The maximum Gasteiger partial charge on any atom is 0.320 e. The first kappa shape index (κ1) is 18.7. The highest BCUT2D eigenvalue weighted by molar-refractivity contribution is 7.13. The third-order valence-electron chi connectivity index (χ3n) is 4.48. The Kier molecular flexibility index (Phi) is 5.78. The Morgan fingerprint density at radius 2 is 2.19 bits per heavy atom. The lowest BCUT2D eigenvalue weighted by Crippen LogP contribution is -2.40. The number of carbonyl (C=O) groups is 1. The molecular formula is C19H24N2O4S. The second kappa shape index (κ2) is 8.05. The van der Waals surface area contributed by atoms with Crippen LogP contribution in [0.25, 0.3) is 10.6 Å². The average Bonchev–Trinajstić information content (AvgIpc) is 3.37. The quantitative estimate of drug-likeness (QED) is 0.720. The maximum atomic E-state index is 11.4. The van der Waals surface area contributed by atoms with Crippen molar-refractivity contribution in [3.8, 4) is 22.1 Å². The molecule has 0 saturated heterocycles. The van der Waals surface area contributed by atoms with Gasteiger partial charge in [0.05, 0.1) is 19.4 Å². The van der Waals surface area contributed by atoms with Crippen LogP contribution in [0.15, 0.2) is 23.6 Å². The molecule has 3 rings (SSSR count). The van der Waals surface area contributed by atoms with Crippen LogP contribution in [0.2, 0.25) is 0 Å². The van der Waals surface area contributed by atoms with E-state index in [1.165, 1.54) is 0 Å². The summed E-state index contributed by atoms with van der Waals surface area (Å²) < 4.78 is 11.0. The van der Waals surface area contributed by atoms with Gasteiger partial charge in [-0.1, -0.05) is 0 Å². The minimum absolute atomic E-state index is 0.358. The fourth-order valence-electron chi connectivity index (χ4n) is 2.90. The summed E-state index contributed by atoms with van der Waals surface area (Å²) in [4.78, 5) is 18.1. The predicted molar refractivity (Wildman–Crippen MR) is 101 cm³/mol. The zero-order chi connectivity index (χ0) is 18.7. The third kappa shape index (κ3) is 4.16. The van der Waals surface area contributed by atoms with E-state index in [0.29, 0.717) is 30.7 Å². The number of aliphatic carboxylic acids is 1. The predicted octanol–water partition coefficient (Wildman–Crippen LogP) is 3.65. The van der Waals surface area contributed by atoms with E-state index < -0.39 is 12.0 Å². The summed E-state index contributed by atoms with van der Waals surface area (Å²) >= 11 is 1.55. The number of rotatable bonds is 9. The largest absolute Gasteiger partial charge is 0.493 e. The van der Waals surface area contributed by atoms with Crippen molar-refractivity contribution in [2.45, 2.75) is 45.3 Å². The van der Waals surface area contributed by atoms with E-state index in [1.807, 2.05) is 35.4 Å². The SMILES string of the molecule is CCOc1ccc(-c2nc(CN(C3CC3)C(C)C(=O)O)cs2)cc1OC. The number of hydrogen-bond acceptors (Lipinski definition) is 6. The van der Waals surface area contributed by atoms with Gasteiger partial charge in [0.15, 0.2) is 11.5 Å². The van der Waals surface area contributed by atoms with Gasteiger partial charge in [-0.25, -0.2) is 4.98 Å². The minimum atomic E-state index is -0.788. The van der Waals surface area contributed by atoms with E-state index >= 15 is 0 Å². The Morgan fingerprint density at radius 3 is 2.81 bits per heavy atom. The number of carboxylic acid groups (broad SMARTS) is 1. The molecule has 1 aromatic carbocycles. The molecule has 1 aliphatic carbocycles. The number of aromatic nitrogens is 1. The number of nitrogens with zero attached hydrogens (tertiary/aromatic N) is 2. The average molecular weight is 376 g/mol. The molecule has 2 aromatic rings. The monoisotopic (exact) mass is 376 g/mol. The first-order chi connectivity index (χ1) is 12.5. The first-order valence-corrected chi connectivity index (χ1v) is 9.65. The van der Waals surface area contributed by atoms with E-state index in [9.17, 15) is 9.90 Å². The molecule has 1 heterocycles. The molecule has 140 valence electrons. The molecule has 0 spiro atoms. The highest BCUT2D eigenvalue weighted by Gasteiger charge is 2.35. The summed E-state index contributed by atoms with van der Waals surface area (Å²) in [6, 6.07) is 5.64. The molecule has 1 atom stereocenters. The van der Waals surface area contributed by atoms with E-state index in [-0.39, 0.29) is 0 Å². The number of carboxylic acids is 1. The summed E-state index contributed by atoms with van der Waals surface area (Å²) in [6.45, 7) is 4.81. The number of thiazole rings is 1. The molecule has 1 N–H and O–H groups in total. The summed E-state index contributed by atoms with van der Waals surface area (Å²) in [5.74, 6) is 0.606. The maximum absolute atomic E-state index is 11.4. The van der Waals surface area contributed by atoms with Crippen LogP contribution in [-0.2, 0) is 11.3 Å². The topological polar surface area (TPSA) is 71.9 Å². The highest BCUT2D eigenvalue weighted by Crippen LogP contribution is 2.35. The van der Waals surface area contributed by atoms with Gasteiger partial charge < -0.3 is 14.6 Å². The van der Waals surface area contributed by atoms with Gasteiger partial charge in [-0.05, 0) is 44.9 Å². The molecular weight excluding hydrogens is 352 g/mol. The van der Waals surface area contributed by atoms with Crippen LogP contribution in [-0.4, -0.2) is 46.8 Å². The van der Waals surface area contributed by atoms with Gasteiger partial charge in [-0.2, -0.15) is 0 Å². The Bertz CT molecular complexity index is 773. The van der Waals surface area contributed by atoms with E-state index in [4.69, 9.17) is 14.5 Å². The van der Waals surface area contributed by atoms with Gasteiger partial charge >= 0.3 is 5.97 Å². The van der Waals surface area contributed by atoms with Crippen LogP contribution in [0.3, 0.4) is 0 Å². The van der Waals surface area contributed by atoms with Gasteiger partial charge in [0.2, 0.25) is 0 Å². The Hall–Kier alpha value is -2.12. The molecule has 1 fully saturated rings. The molecule has 0 radical (unpaired) electrons. The number of benzene rings is 1. The normalized spacial score (nSPS) is 15.1. The van der Waals surface area contributed by atoms with Crippen molar-refractivity contribution in [1.82, 2.24) is 9.88 Å². The Labute approximate surface area is 157 Å². The fraction of sp³-hybridized carbons (Fsp3) is 0.474. The van der Waals surface area contributed by atoms with Crippen LogP contribution < -0.4 is 9.47 Å². The molecule has 0 aliphatic heterocycles. The summed E-state index contributed by atoms with van der Waals surface area (Å²) in [7, 11) is 1.62. The van der Waals surface area contributed by atoms with E-state index in [0.717, 1.165) is 29.1 Å². The van der Waals surface area contributed by atoms with Gasteiger partial charge in [0, 0.05) is 23.5 Å². The highest BCUT2D eigenvalue weighted by atomic mass is 32.1. The molecule has 1 unspecified atom stereocenters. The summed E-state index contributed by atoms with van der Waals surface area (Å²) in [5.41, 5.74) is 1.86. The summed E-state index contributed by atoms with van der Waals surface area (Å²) in [6.07, 6.45) is 2.12. The lowest BCUT2D eigenvalue weighted by molar-refractivity contribution is -0.143. The van der Waals surface area contributed by atoms with Crippen molar-refractivity contribution in [3.63, 3.8) is 0 Å². The number of ether oxygens (including phenoxy) is 2. The smallest absolute Gasteiger partial charge is 0.320 e. The molecule has 6 nitrogen and oxygen atoms in total. The molecule has 1 aliphatic rings. The van der Waals surface area contributed by atoms with Crippen LogP contribution in [0.5, 0.6) is 11.5 Å². The van der Waals surface area contributed by atoms with Gasteiger partial charge in [-0.15, -0.1) is 11.3 Å².